The fourth-order valence-corrected chi connectivity index (χ4v) is 5.38. The van der Waals surface area contributed by atoms with Crippen molar-refractivity contribution in [2.24, 2.45) is 11.8 Å². The van der Waals surface area contributed by atoms with Crippen LogP contribution in [0.3, 0.4) is 0 Å². The highest BCUT2D eigenvalue weighted by atomic mass is 127. The van der Waals surface area contributed by atoms with Gasteiger partial charge in [-0.2, -0.15) is 0 Å². The summed E-state index contributed by atoms with van der Waals surface area (Å²) in [5, 5.41) is 30.0. The fourth-order valence-electron chi connectivity index (χ4n) is 4.85. The van der Waals surface area contributed by atoms with Crippen LogP contribution in [0, 0.1) is 15.4 Å². The molecule has 0 radical (unpaired) electrons. The van der Waals surface area contributed by atoms with E-state index in [0.717, 1.165) is 27.8 Å². The van der Waals surface area contributed by atoms with Crippen molar-refractivity contribution in [3.63, 3.8) is 0 Å². The Labute approximate surface area is 218 Å². The van der Waals surface area contributed by atoms with Crippen molar-refractivity contribution in [1.29, 1.82) is 0 Å². The number of methoxy groups -OCH3 is 1. The molecule has 0 saturated heterocycles. The minimum atomic E-state index is 0.0310. The van der Waals surface area contributed by atoms with Gasteiger partial charge in [0.15, 0.2) is 0 Å². The smallest absolute Gasteiger partial charge is 0.136 e. The van der Waals surface area contributed by atoms with E-state index in [1.165, 1.54) is 0 Å². The molecule has 0 bridgehead atoms. The number of benzene rings is 3. The number of hydrogen-bond donors (Lipinski definition) is 3. The topological polar surface area (TPSA) is 69.9 Å². The highest BCUT2D eigenvalue weighted by Crippen LogP contribution is 2.46. The summed E-state index contributed by atoms with van der Waals surface area (Å²) in [6, 6.07) is 18.3. The van der Waals surface area contributed by atoms with Crippen molar-refractivity contribution in [2.75, 3.05) is 7.11 Å². The lowest BCUT2D eigenvalue weighted by Gasteiger charge is -2.27. The van der Waals surface area contributed by atoms with Gasteiger partial charge in [-0.1, -0.05) is 60.7 Å². The molecule has 3 N–H and O–H groups in total. The van der Waals surface area contributed by atoms with Gasteiger partial charge in [-0.3, -0.25) is 0 Å². The molecule has 0 fully saturated rings. The van der Waals surface area contributed by atoms with E-state index < -0.39 is 0 Å². The van der Waals surface area contributed by atoms with Crippen LogP contribution in [0.25, 0.3) is 11.1 Å². The molecule has 2 aliphatic rings. The van der Waals surface area contributed by atoms with E-state index in [1.807, 2.05) is 36.4 Å². The SMILES string of the molecule is COc1cc(C(C2C=CC(c3ccc(O)cc3)=C2)C2C=CC(c3ccc(O)cc3)=C2)cc(O)c1I. The Morgan fingerprint density at radius 1 is 0.743 bits per heavy atom. The van der Waals surface area contributed by atoms with Crippen LogP contribution < -0.4 is 4.74 Å². The predicted molar refractivity (Wildman–Crippen MR) is 148 cm³/mol. The average molecular weight is 576 g/mol. The maximum absolute atomic E-state index is 10.7. The van der Waals surface area contributed by atoms with Crippen LogP contribution in [-0.4, -0.2) is 22.4 Å². The van der Waals surface area contributed by atoms with Crippen molar-refractivity contribution in [1.82, 2.24) is 0 Å². The maximum atomic E-state index is 10.7. The van der Waals surface area contributed by atoms with Crippen LogP contribution in [0.2, 0.25) is 0 Å². The van der Waals surface area contributed by atoms with Gasteiger partial charge in [-0.25, -0.2) is 0 Å². The van der Waals surface area contributed by atoms with Gasteiger partial charge < -0.3 is 20.1 Å². The molecule has 2 unspecified atom stereocenters. The lowest BCUT2D eigenvalue weighted by Crippen LogP contribution is -2.16. The minimum Gasteiger partial charge on any atom is -0.508 e. The predicted octanol–water partition coefficient (Wildman–Crippen LogP) is 7.04. The molecular formula is C30H25IO4. The molecule has 176 valence electrons. The first-order valence-electron chi connectivity index (χ1n) is 11.4. The monoisotopic (exact) mass is 576 g/mol. The second kappa shape index (κ2) is 9.66. The van der Waals surface area contributed by atoms with Crippen LogP contribution in [0.5, 0.6) is 23.0 Å². The second-order valence-electron chi connectivity index (χ2n) is 8.79. The lowest BCUT2D eigenvalue weighted by atomic mass is 9.77. The first-order chi connectivity index (χ1) is 16.9. The lowest BCUT2D eigenvalue weighted by molar-refractivity contribution is 0.399. The molecule has 0 spiro atoms. The van der Waals surface area contributed by atoms with Gasteiger partial charge in [0, 0.05) is 17.8 Å². The molecule has 0 amide bonds. The Kier molecular flexibility index (Phi) is 6.43. The van der Waals surface area contributed by atoms with Crippen molar-refractivity contribution < 1.29 is 20.1 Å². The van der Waals surface area contributed by atoms with Gasteiger partial charge in [0.2, 0.25) is 0 Å². The van der Waals surface area contributed by atoms with Gasteiger partial charge in [0.25, 0.3) is 0 Å². The minimum absolute atomic E-state index is 0.0310. The molecule has 0 aromatic heterocycles. The van der Waals surface area contributed by atoms with Crippen LogP contribution in [0.4, 0.5) is 0 Å². The van der Waals surface area contributed by atoms with E-state index in [2.05, 4.69) is 59.0 Å². The number of phenols is 3. The van der Waals surface area contributed by atoms with Gasteiger partial charge in [0.1, 0.15) is 23.0 Å². The third kappa shape index (κ3) is 4.73. The first-order valence-corrected chi connectivity index (χ1v) is 12.5. The Morgan fingerprint density at radius 3 is 1.69 bits per heavy atom. The number of halogens is 1. The summed E-state index contributed by atoms with van der Waals surface area (Å²) in [4.78, 5) is 0. The Balaban J connectivity index is 1.55. The standard InChI is InChI=1S/C30H25IO4/c1-35-28-17-24(16-27(34)30(28)31)29(22-4-2-20(14-22)18-6-10-25(32)11-7-18)23-5-3-21(15-23)19-8-12-26(33)13-9-19/h2-17,22-23,29,32-34H,1H3. The highest BCUT2D eigenvalue weighted by molar-refractivity contribution is 14.1. The van der Waals surface area contributed by atoms with Crippen molar-refractivity contribution in [3.05, 3.63) is 117 Å². The number of allylic oxidation sites excluding steroid dienone is 8. The van der Waals surface area contributed by atoms with Crippen LogP contribution in [0.1, 0.15) is 22.6 Å². The Morgan fingerprint density at radius 2 is 1.23 bits per heavy atom. The van der Waals surface area contributed by atoms with E-state index in [-0.39, 0.29) is 35.0 Å². The number of aromatic hydroxyl groups is 3. The largest absolute Gasteiger partial charge is 0.508 e. The normalized spacial score (nSPS) is 19.5. The van der Waals surface area contributed by atoms with Gasteiger partial charge in [0.05, 0.1) is 10.7 Å². The Bertz CT molecular complexity index is 1290. The number of ether oxygens (including phenoxy) is 1. The molecule has 2 atom stereocenters. The van der Waals surface area contributed by atoms with Crippen LogP contribution >= 0.6 is 22.6 Å². The summed E-state index contributed by atoms with van der Waals surface area (Å²) in [5.41, 5.74) is 5.30. The van der Waals surface area contributed by atoms with Crippen LogP contribution in [0.15, 0.2) is 97.1 Å². The summed E-state index contributed by atoms with van der Waals surface area (Å²) < 4.78 is 6.26. The van der Waals surface area contributed by atoms with Crippen molar-refractivity contribution >= 4 is 33.7 Å². The van der Waals surface area contributed by atoms with E-state index in [1.54, 1.807) is 31.4 Å². The van der Waals surface area contributed by atoms with E-state index in [4.69, 9.17) is 4.74 Å². The van der Waals surface area contributed by atoms with E-state index in [9.17, 15) is 15.3 Å². The van der Waals surface area contributed by atoms with E-state index >= 15 is 0 Å². The molecule has 0 saturated carbocycles. The van der Waals surface area contributed by atoms with Crippen LogP contribution in [-0.2, 0) is 0 Å². The number of hydrogen-bond acceptors (Lipinski definition) is 4. The molecule has 5 rings (SSSR count). The zero-order valence-corrected chi connectivity index (χ0v) is 21.3. The summed E-state index contributed by atoms with van der Waals surface area (Å²) in [5.74, 6) is 1.56. The van der Waals surface area contributed by atoms with Gasteiger partial charge in [-0.05, 0) is 86.8 Å². The second-order valence-corrected chi connectivity index (χ2v) is 9.87. The quantitative estimate of drug-likeness (QED) is 0.276. The summed E-state index contributed by atoms with van der Waals surface area (Å²) in [6.45, 7) is 0. The fraction of sp³-hybridized carbons (Fsp3) is 0.133. The molecule has 0 heterocycles. The third-order valence-electron chi connectivity index (χ3n) is 6.62. The summed E-state index contributed by atoms with van der Waals surface area (Å²) >= 11 is 2.10. The number of phenolic OH excluding ortho intramolecular Hbond substituents is 3. The molecular weight excluding hydrogens is 551 g/mol. The van der Waals surface area contributed by atoms with Gasteiger partial charge >= 0.3 is 0 Å². The third-order valence-corrected chi connectivity index (χ3v) is 7.70. The van der Waals surface area contributed by atoms with Crippen molar-refractivity contribution in [2.45, 2.75) is 5.92 Å². The zero-order chi connectivity index (χ0) is 24.5. The molecule has 2 aliphatic carbocycles. The Hall–Kier alpha value is -3.45. The molecule has 5 heteroatoms. The maximum Gasteiger partial charge on any atom is 0.136 e. The van der Waals surface area contributed by atoms with Crippen molar-refractivity contribution in [3.8, 4) is 23.0 Å². The zero-order valence-electron chi connectivity index (χ0n) is 19.1. The average Bonchev–Trinajstić information content (AvgIpc) is 3.53. The molecule has 3 aromatic rings. The van der Waals surface area contributed by atoms with E-state index in [0.29, 0.717) is 9.32 Å². The molecule has 4 nitrogen and oxygen atoms in total. The summed E-state index contributed by atoms with van der Waals surface area (Å²) in [7, 11) is 1.62. The highest BCUT2D eigenvalue weighted by Gasteiger charge is 2.31. The summed E-state index contributed by atoms with van der Waals surface area (Å²) in [6.07, 6.45) is 13.1. The first kappa shape index (κ1) is 23.3. The molecule has 3 aromatic carbocycles. The van der Waals surface area contributed by atoms with Gasteiger partial charge in [-0.15, -0.1) is 0 Å². The number of rotatable bonds is 6. The molecule has 0 aliphatic heterocycles. The molecule has 35 heavy (non-hydrogen) atoms.